The Morgan fingerprint density at radius 2 is 1.87 bits per heavy atom. The van der Waals surface area contributed by atoms with E-state index in [1.54, 1.807) is 13.1 Å². The zero-order valence-corrected chi connectivity index (χ0v) is 30.9. The number of rotatable bonds is 9. The smallest absolute Gasteiger partial charge is 0.408 e. The number of ketones is 1. The van der Waals surface area contributed by atoms with Crippen LogP contribution in [0.1, 0.15) is 81.1 Å². The van der Waals surface area contributed by atoms with E-state index in [2.05, 4.69) is 20.9 Å². The number of Topliss-reactive ketones (excluding diaryl/α,β-unsaturated/α-hetero) is 1. The van der Waals surface area contributed by atoms with Gasteiger partial charge >= 0.3 is 12.1 Å². The van der Waals surface area contributed by atoms with Gasteiger partial charge in [0.2, 0.25) is 11.8 Å². The fourth-order valence-corrected chi connectivity index (χ4v) is 8.24. The average Bonchev–Trinajstić information content (AvgIpc) is 3.42. The number of pyridine rings is 1. The number of allylic oxidation sites excluding steroid dienone is 1. The summed E-state index contributed by atoms with van der Waals surface area (Å²) in [6.45, 7) is 0.121. The highest BCUT2D eigenvalue weighted by atomic mass is 32.2. The fraction of sp³-hybridized carbons (Fsp3) is 0.579. The van der Waals surface area contributed by atoms with Crippen LogP contribution in [0.4, 0.5) is 4.79 Å². The molecule has 5 atom stereocenters. The number of esters is 1. The van der Waals surface area contributed by atoms with Gasteiger partial charge in [0.25, 0.3) is 0 Å². The van der Waals surface area contributed by atoms with Crippen molar-refractivity contribution in [3.8, 4) is 5.75 Å². The zero-order chi connectivity index (χ0) is 36.8. The predicted molar refractivity (Wildman–Crippen MR) is 195 cm³/mol. The fourth-order valence-electron chi connectivity index (χ4n) is 7.68. The van der Waals surface area contributed by atoms with Crippen LogP contribution in [-0.4, -0.2) is 103 Å². The van der Waals surface area contributed by atoms with Crippen molar-refractivity contribution in [1.82, 2.24) is 25.8 Å². The lowest BCUT2D eigenvalue weighted by Gasteiger charge is -2.29. The summed E-state index contributed by atoms with van der Waals surface area (Å²) < 4.78 is 17.4. The molecule has 1 unspecified atom stereocenters. The molecule has 14 heteroatoms. The zero-order valence-electron chi connectivity index (χ0n) is 30.1. The Kier molecular flexibility index (Phi) is 12.0. The molecule has 3 amide bonds. The number of hydrogen-bond donors (Lipinski definition) is 3. The lowest BCUT2D eigenvalue weighted by atomic mass is 10.0. The van der Waals surface area contributed by atoms with Crippen LogP contribution in [0.15, 0.2) is 41.3 Å². The van der Waals surface area contributed by atoms with Gasteiger partial charge in [-0.15, -0.1) is 11.8 Å². The van der Waals surface area contributed by atoms with E-state index in [0.29, 0.717) is 35.9 Å². The molecule has 3 N–H and O–H groups in total. The van der Waals surface area contributed by atoms with Crippen molar-refractivity contribution in [2.45, 2.75) is 105 Å². The van der Waals surface area contributed by atoms with E-state index in [4.69, 9.17) is 14.2 Å². The number of alkyl carbamates (subject to hydrolysis) is 1. The number of benzene rings is 1. The van der Waals surface area contributed by atoms with E-state index in [1.807, 2.05) is 36.6 Å². The number of likely N-dealkylation sites (N-methyl/N-ethyl adjacent to an activating group) is 1. The highest BCUT2D eigenvalue weighted by Crippen LogP contribution is 2.46. The van der Waals surface area contributed by atoms with Gasteiger partial charge in [-0.1, -0.05) is 31.1 Å². The van der Waals surface area contributed by atoms with E-state index in [0.717, 1.165) is 49.8 Å². The third-order valence-corrected chi connectivity index (χ3v) is 11.3. The second kappa shape index (κ2) is 16.7. The van der Waals surface area contributed by atoms with Crippen molar-refractivity contribution in [3.05, 3.63) is 42.1 Å². The van der Waals surface area contributed by atoms with E-state index in [1.165, 1.54) is 23.8 Å². The largest absolute Gasteiger partial charge is 0.488 e. The SMILES string of the molecule is CNCC(=O)c1cc(O[C@@H]2C[C@H]3C(=O)N[C@]4(C(=O)OC)CC4/C=C\CCCCC[C@H](NC(=O)OC4CCCC4)C(=O)N3C2)c2cccc(SC)c2n1. The maximum atomic E-state index is 14.5. The Bertz CT molecular complexity index is 1710. The molecular weight excluding hydrogens is 687 g/mol. The summed E-state index contributed by atoms with van der Waals surface area (Å²) in [5.74, 6) is -1.49. The van der Waals surface area contributed by atoms with Gasteiger partial charge in [0.15, 0.2) is 5.78 Å². The highest BCUT2D eigenvalue weighted by Gasteiger charge is 2.62. The van der Waals surface area contributed by atoms with Gasteiger partial charge in [0.05, 0.1) is 25.7 Å². The Labute approximate surface area is 308 Å². The molecule has 2 aliphatic carbocycles. The Morgan fingerprint density at radius 1 is 1.08 bits per heavy atom. The molecule has 6 rings (SSSR count). The monoisotopic (exact) mass is 735 g/mol. The van der Waals surface area contributed by atoms with Gasteiger partial charge in [0.1, 0.15) is 41.3 Å². The summed E-state index contributed by atoms with van der Waals surface area (Å²) in [4.78, 5) is 75.0. The topological polar surface area (TPSA) is 165 Å². The molecule has 1 aromatic carbocycles. The van der Waals surface area contributed by atoms with E-state index in [-0.39, 0.29) is 43.0 Å². The van der Waals surface area contributed by atoms with Gasteiger partial charge in [-0.05, 0) is 76.8 Å². The number of ether oxygens (including phenoxy) is 3. The van der Waals surface area contributed by atoms with Crippen molar-refractivity contribution in [3.63, 3.8) is 0 Å². The molecule has 3 fully saturated rings. The molecule has 4 aliphatic rings. The Balaban J connectivity index is 1.32. The number of nitrogens with one attached hydrogen (secondary N) is 3. The first-order valence-corrected chi connectivity index (χ1v) is 19.6. The van der Waals surface area contributed by atoms with Crippen molar-refractivity contribution in [2.24, 2.45) is 5.92 Å². The molecule has 0 radical (unpaired) electrons. The summed E-state index contributed by atoms with van der Waals surface area (Å²) in [5, 5.41) is 9.37. The minimum Gasteiger partial charge on any atom is -0.488 e. The van der Waals surface area contributed by atoms with Crippen LogP contribution in [0.2, 0.25) is 0 Å². The number of carbonyl (C=O) groups excluding carboxylic acids is 5. The Hall–Kier alpha value is -4.17. The molecule has 52 heavy (non-hydrogen) atoms. The second-order valence-electron chi connectivity index (χ2n) is 14.1. The summed E-state index contributed by atoms with van der Waals surface area (Å²) in [6, 6.07) is 5.36. The lowest BCUT2D eigenvalue weighted by molar-refractivity contribution is -0.148. The molecule has 2 aromatic rings. The molecule has 0 spiro atoms. The van der Waals surface area contributed by atoms with Crippen LogP contribution < -0.4 is 20.7 Å². The number of para-hydroxylation sites is 1. The second-order valence-corrected chi connectivity index (χ2v) is 15.0. The third-order valence-electron chi connectivity index (χ3n) is 10.6. The predicted octanol–water partition coefficient (Wildman–Crippen LogP) is 4.31. The van der Waals surface area contributed by atoms with Crippen LogP contribution in [0, 0.1) is 5.92 Å². The molecule has 0 bridgehead atoms. The quantitative estimate of drug-likeness (QED) is 0.146. The van der Waals surface area contributed by atoms with E-state index >= 15 is 0 Å². The van der Waals surface area contributed by atoms with Crippen LogP contribution in [-0.2, 0) is 23.9 Å². The van der Waals surface area contributed by atoms with Crippen molar-refractivity contribution in [2.75, 3.05) is 33.5 Å². The first kappa shape index (κ1) is 37.6. The van der Waals surface area contributed by atoms with Crippen LogP contribution in [0.25, 0.3) is 10.9 Å². The number of thioether (sulfide) groups is 1. The summed E-state index contributed by atoms with van der Waals surface area (Å²) in [5.41, 5.74) is -0.374. The molecule has 1 aromatic heterocycles. The minimum atomic E-state index is -1.23. The normalized spacial score (nSPS) is 27.4. The maximum absolute atomic E-state index is 14.5. The van der Waals surface area contributed by atoms with Gasteiger partial charge < -0.3 is 35.1 Å². The van der Waals surface area contributed by atoms with Crippen molar-refractivity contribution in [1.29, 1.82) is 0 Å². The lowest BCUT2D eigenvalue weighted by Crippen LogP contribution is -2.56. The number of amides is 3. The van der Waals surface area contributed by atoms with Crippen molar-refractivity contribution >= 4 is 52.3 Å². The van der Waals surface area contributed by atoms with E-state index < -0.39 is 47.6 Å². The van der Waals surface area contributed by atoms with Gasteiger partial charge in [-0.3, -0.25) is 14.4 Å². The summed E-state index contributed by atoms with van der Waals surface area (Å²) in [6.07, 6.45) is 12.0. The summed E-state index contributed by atoms with van der Waals surface area (Å²) in [7, 11) is 2.98. The van der Waals surface area contributed by atoms with E-state index in [9.17, 15) is 24.0 Å². The molecule has 2 aliphatic heterocycles. The van der Waals surface area contributed by atoms with Gasteiger partial charge in [-0.25, -0.2) is 14.6 Å². The molecule has 280 valence electrons. The molecule has 1 saturated heterocycles. The first-order chi connectivity index (χ1) is 25.2. The van der Waals surface area contributed by atoms with Crippen LogP contribution in [0.5, 0.6) is 5.75 Å². The van der Waals surface area contributed by atoms with Crippen molar-refractivity contribution < 1.29 is 38.2 Å². The maximum Gasteiger partial charge on any atom is 0.408 e. The first-order valence-electron chi connectivity index (χ1n) is 18.3. The molecule has 3 heterocycles. The molecule has 2 saturated carbocycles. The van der Waals surface area contributed by atoms with Gasteiger partial charge in [-0.2, -0.15) is 0 Å². The number of hydrogen-bond acceptors (Lipinski definition) is 11. The summed E-state index contributed by atoms with van der Waals surface area (Å²) >= 11 is 1.50. The highest BCUT2D eigenvalue weighted by molar-refractivity contribution is 7.98. The molecular formula is C38H49N5O8S. The number of carbonyl (C=O) groups is 5. The number of methoxy groups -OCH3 is 1. The van der Waals surface area contributed by atoms with Crippen LogP contribution >= 0.6 is 11.8 Å². The minimum absolute atomic E-state index is 0.0349. The number of nitrogens with zero attached hydrogens (tertiary/aromatic N) is 2. The standard InChI is InChI=1S/C38H49N5O8S/c1-39-21-30(44)28-19-31(26-15-11-17-32(52-3)33(26)40-28)50-25-18-29-34(45)42-38(36(47)49-2)20-23(38)12-7-5-4-6-8-16-27(35(46)43(29)22-25)41-37(48)51-24-13-9-10-14-24/h7,11-12,15,17,19,23-25,27,29,39H,4-6,8-10,13-14,16,18,20-22H2,1-3H3,(H,41,48)(H,42,45)/b12-7-/t23?,25-,27+,29+,38-/m1/s1. The third kappa shape index (κ3) is 8.22. The average molecular weight is 736 g/mol. The number of aromatic nitrogens is 1. The molecule has 13 nitrogen and oxygen atoms in total. The van der Waals surface area contributed by atoms with Gasteiger partial charge in [0, 0.05) is 28.7 Å². The van der Waals surface area contributed by atoms with Crippen LogP contribution in [0.3, 0.4) is 0 Å². The number of fused-ring (bicyclic) bond motifs is 3. The Morgan fingerprint density at radius 3 is 2.62 bits per heavy atom.